The SMILES string of the molecule is CCCCOCCCNC(=NC)NCc1ccccc1OCC(F)(F)F.I. The summed E-state index contributed by atoms with van der Waals surface area (Å²) in [6.45, 7) is 3.26. The van der Waals surface area contributed by atoms with Crippen LogP contribution in [0.2, 0.25) is 0 Å². The van der Waals surface area contributed by atoms with E-state index >= 15 is 0 Å². The summed E-state index contributed by atoms with van der Waals surface area (Å²) < 4.78 is 47.3. The highest BCUT2D eigenvalue weighted by Gasteiger charge is 2.28. The van der Waals surface area contributed by atoms with Crippen LogP contribution in [-0.2, 0) is 11.3 Å². The minimum Gasteiger partial charge on any atom is -0.484 e. The van der Waals surface area contributed by atoms with Gasteiger partial charge in [-0.3, -0.25) is 4.99 Å². The lowest BCUT2D eigenvalue weighted by Gasteiger charge is -2.15. The van der Waals surface area contributed by atoms with Crippen molar-refractivity contribution in [2.24, 2.45) is 4.99 Å². The van der Waals surface area contributed by atoms with E-state index in [9.17, 15) is 13.2 Å². The van der Waals surface area contributed by atoms with Crippen LogP contribution in [0, 0.1) is 0 Å². The lowest BCUT2D eigenvalue weighted by Crippen LogP contribution is -2.37. The van der Waals surface area contributed by atoms with Gasteiger partial charge >= 0.3 is 6.18 Å². The number of para-hydroxylation sites is 1. The molecular formula is C18H29F3IN3O2. The Kier molecular flexibility index (Phi) is 14.1. The summed E-state index contributed by atoms with van der Waals surface area (Å²) in [5, 5.41) is 6.22. The van der Waals surface area contributed by atoms with Crippen molar-refractivity contribution in [3.8, 4) is 5.75 Å². The molecule has 0 fully saturated rings. The minimum atomic E-state index is -4.36. The molecule has 0 aliphatic rings. The Labute approximate surface area is 176 Å². The van der Waals surface area contributed by atoms with E-state index in [-0.39, 0.29) is 29.7 Å². The van der Waals surface area contributed by atoms with E-state index in [0.717, 1.165) is 25.9 Å². The van der Waals surface area contributed by atoms with Crippen LogP contribution in [0.5, 0.6) is 5.75 Å². The predicted molar refractivity (Wildman–Crippen MR) is 112 cm³/mol. The van der Waals surface area contributed by atoms with Gasteiger partial charge in [0.2, 0.25) is 0 Å². The zero-order valence-electron chi connectivity index (χ0n) is 15.8. The minimum absolute atomic E-state index is 0. The summed E-state index contributed by atoms with van der Waals surface area (Å²) in [5.74, 6) is 0.779. The molecule has 0 heterocycles. The molecular weight excluding hydrogens is 474 g/mol. The largest absolute Gasteiger partial charge is 0.484 e. The van der Waals surface area contributed by atoms with Crippen molar-refractivity contribution < 1.29 is 22.6 Å². The molecule has 1 aromatic rings. The smallest absolute Gasteiger partial charge is 0.422 e. The maximum Gasteiger partial charge on any atom is 0.422 e. The van der Waals surface area contributed by atoms with E-state index in [1.54, 1.807) is 25.2 Å². The topological polar surface area (TPSA) is 54.9 Å². The third kappa shape index (κ3) is 12.7. The van der Waals surface area contributed by atoms with E-state index in [1.165, 1.54) is 6.07 Å². The second kappa shape index (κ2) is 14.8. The summed E-state index contributed by atoms with van der Waals surface area (Å²) in [4.78, 5) is 4.10. The lowest BCUT2D eigenvalue weighted by atomic mass is 10.2. The standard InChI is InChI=1S/C18H28F3N3O2.HI/c1-3-4-11-25-12-7-10-23-17(22-2)24-13-15-8-5-6-9-16(15)26-14-18(19,20)21;/h5-6,8-9H,3-4,7,10-14H2,1-2H3,(H2,22,23,24);1H. The normalized spacial score (nSPS) is 11.7. The van der Waals surface area contributed by atoms with Crippen LogP contribution in [-0.4, -0.2) is 45.5 Å². The van der Waals surface area contributed by atoms with Gasteiger partial charge in [0.15, 0.2) is 12.6 Å². The van der Waals surface area contributed by atoms with Crippen LogP contribution in [0.4, 0.5) is 13.2 Å². The lowest BCUT2D eigenvalue weighted by molar-refractivity contribution is -0.153. The molecule has 1 aromatic carbocycles. The van der Waals surface area contributed by atoms with Gasteiger partial charge in [0, 0.05) is 38.9 Å². The van der Waals surface area contributed by atoms with Gasteiger partial charge in [0.25, 0.3) is 0 Å². The quantitative estimate of drug-likeness (QED) is 0.207. The molecule has 5 nitrogen and oxygen atoms in total. The first-order valence-corrected chi connectivity index (χ1v) is 8.76. The summed E-state index contributed by atoms with van der Waals surface area (Å²) in [7, 11) is 1.64. The van der Waals surface area contributed by atoms with E-state index in [1.807, 2.05) is 0 Å². The van der Waals surface area contributed by atoms with Gasteiger partial charge in [0.05, 0.1) is 0 Å². The average Bonchev–Trinajstić information content (AvgIpc) is 2.61. The second-order valence-corrected chi connectivity index (χ2v) is 5.68. The molecule has 0 saturated heterocycles. The van der Waals surface area contributed by atoms with Crippen molar-refractivity contribution in [1.29, 1.82) is 0 Å². The van der Waals surface area contributed by atoms with Gasteiger partial charge in [0.1, 0.15) is 5.75 Å². The molecule has 0 saturated carbocycles. The van der Waals surface area contributed by atoms with Gasteiger partial charge in [-0.25, -0.2) is 0 Å². The Bertz CT molecular complexity index is 543. The van der Waals surface area contributed by atoms with Crippen LogP contribution >= 0.6 is 24.0 Å². The van der Waals surface area contributed by atoms with Gasteiger partial charge in [-0.1, -0.05) is 31.5 Å². The summed E-state index contributed by atoms with van der Waals surface area (Å²) in [6, 6.07) is 6.63. The number of hydrogen-bond acceptors (Lipinski definition) is 3. The van der Waals surface area contributed by atoms with E-state index in [4.69, 9.17) is 9.47 Å². The number of ether oxygens (including phenoxy) is 2. The summed E-state index contributed by atoms with van der Waals surface area (Å²) >= 11 is 0. The number of nitrogens with one attached hydrogen (secondary N) is 2. The molecule has 2 N–H and O–H groups in total. The third-order valence-electron chi connectivity index (χ3n) is 3.43. The average molecular weight is 503 g/mol. The van der Waals surface area contributed by atoms with Crippen LogP contribution < -0.4 is 15.4 Å². The van der Waals surface area contributed by atoms with Crippen molar-refractivity contribution >= 4 is 29.9 Å². The number of halogens is 4. The summed E-state index contributed by atoms with van der Waals surface area (Å²) in [6.07, 6.45) is -1.34. The Morgan fingerprint density at radius 1 is 1.11 bits per heavy atom. The highest BCUT2D eigenvalue weighted by atomic mass is 127. The Morgan fingerprint density at radius 3 is 2.48 bits per heavy atom. The van der Waals surface area contributed by atoms with Crippen molar-refractivity contribution in [3.63, 3.8) is 0 Å². The van der Waals surface area contributed by atoms with E-state index in [0.29, 0.717) is 31.2 Å². The zero-order valence-corrected chi connectivity index (χ0v) is 18.1. The molecule has 9 heteroatoms. The monoisotopic (exact) mass is 503 g/mol. The molecule has 0 aromatic heterocycles. The third-order valence-corrected chi connectivity index (χ3v) is 3.43. The number of unbranched alkanes of at least 4 members (excludes halogenated alkanes) is 1. The van der Waals surface area contributed by atoms with Crippen molar-refractivity contribution in [2.45, 2.75) is 38.9 Å². The number of guanidine groups is 1. The Hall–Kier alpha value is -1.23. The number of alkyl halides is 3. The molecule has 0 radical (unpaired) electrons. The van der Waals surface area contributed by atoms with Crippen molar-refractivity contribution in [1.82, 2.24) is 10.6 Å². The maximum absolute atomic E-state index is 12.3. The molecule has 0 unspecified atom stereocenters. The molecule has 0 bridgehead atoms. The molecule has 156 valence electrons. The van der Waals surface area contributed by atoms with Crippen LogP contribution in [0.3, 0.4) is 0 Å². The van der Waals surface area contributed by atoms with Crippen molar-refractivity contribution in [3.05, 3.63) is 29.8 Å². The van der Waals surface area contributed by atoms with Gasteiger partial charge < -0.3 is 20.1 Å². The van der Waals surface area contributed by atoms with Crippen LogP contribution in [0.1, 0.15) is 31.7 Å². The first-order valence-electron chi connectivity index (χ1n) is 8.76. The van der Waals surface area contributed by atoms with Gasteiger partial charge in [-0.05, 0) is 18.9 Å². The fraction of sp³-hybridized carbons (Fsp3) is 0.611. The molecule has 0 spiro atoms. The number of hydrogen-bond donors (Lipinski definition) is 2. The number of rotatable bonds is 11. The molecule has 0 amide bonds. The Balaban J connectivity index is 0.00000676. The first kappa shape index (κ1) is 25.8. The maximum atomic E-state index is 12.3. The summed E-state index contributed by atoms with van der Waals surface area (Å²) in [5.41, 5.74) is 0.627. The zero-order chi connectivity index (χ0) is 19.3. The van der Waals surface area contributed by atoms with Crippen LogP contribution in [0.25, 0.3) is 0 Å². The number of benzene rings is 1. The van der Waals surface area contributed by atoms with Gasteiger partial charge in [-0.15, -0.1) is 24.0 Å². The first-order chi connectivity index (χ1) is 12.5. The molecule has 27 heavy (non-hydrogen) atoms. The predicted octanol–water partition coefficient (Wildman–Crippen LogP) is 4.12. The van der Waals surface area contributed by atoms with E-state index < -0.39 is 12.8 Å². The highest BCUT2D eigenvalue weighted by molar-refractivity contribution is 14.0. The van der Waals surface area contributed by atoms with Gasteiger partial charge in [-0.2, -0.15) is 13.2 Å². The molecule has 0 aliphatic carbocycles. The van der Waals surface area contributed by atoms with E-state index in [2.05, 4.69) is 22.5 Å². The molecule has 0 atom stereocenters. The highest BCUT2D eigenvalue weighted by Crippen LogP contribution is 2.21. The molecule has 1 rings (SSSR count). The Morgan fingerprint density at radius 2 is 1.81 bits per heavy atom. The molecule has 0 aliphatic heterocycles. The number of nitrogens with zero attached hydrogens (tertiary/aromatic N) is 1. The number of aliphatic imine (C=N–C) groups is 1. The van der Waals surface area contributed by atoms with Crippen molar-refractivity contribution in [2.75, 3.05) is 33.4 Å². The van der Waals surface area contributed by atoms with Crippen LogP contribution in [0.15, 0.2) is 29.3 Å². The fourth-order valence-electron chi connectivity index (χ4n) is 2.08. The second-order valence-electron chi connectivity index (χ2n) is 5.68. The fourth-order valence-corrected chi connectivity index (χ4v) is 2.08.